The molecule has 88 valence electrons. The van der Waals surface area contributed by atoms with Crippen molar-refractivity contribution in [3.05, 3.63) is 65.8 Å². The highest BCUT2D eigenvalue weighted by Crippen LogP contribution is 2.43. The van der Waals surface area contributed by atoms with Crippen LogP contribution in [0.25, 0.3) is 6.08 Å². The van der Waals surface area contributed by atoms with Crippen molar-refractivity contribution < 1.29 is 0 Å². The van der Waals surface area contributed by atoms with Crippen LogP contribution in [-0.2, 0) is 5.41 Å². The van der Waals surface area contributed by atoms with Gasteiger partial charge >= 0.3 is 0 Å². The second-order valence-electron chi connectivity index (χ2n) is 5.76. The van der Waals surface area contributed by atoms with E-state index in [1.54, 1.807) is 0 Å². The van der Waals surface area contributed by atoms with Crippen LogP contribution in [0.1, 0.15) is 31.9 Å². The van der Waals surface area contributed by atoms with Gasteiger partial charge in [-0.2, -0.15) is 0 Å². The monoisotopic (exact) mass is 224 g/mol. The second kappa shape index (κ2) is 4.03. The standard InChI is InChI=1S/C17H20/c1-12-13(2)16(12)11-8-14-6-9-15(10-7-14)17(3,4)5/h6-11,16H,1-2H2,3-5H3/b11-8+. The lowest BCUT2D eigenvalue weighted by Gasteiger charge is -2.18. The zero-order valence-electron chi connectivity index (χ0n) is 11.0. The molecule has 0 spiro atoms. The summed E-state index contributed by atoms with van der Waals surface area (Å²) in [5.41, 5.74) is 5.18. The highest BCUT2D eigenvalue weighted by Gasteiger charge is 2.29. The molecule has 0 nitrogen and oxygen atoms in total. The van der Waals surface area contributed by atoms with Crippen molar-refractivity contribution >= 4 is 6.08 Å². The molecule has 1 aromatic rings. The molecule has 0 radical (unpaired) electrons. The van der Waals surface area contributed by atoms with Gasteiger partial charge in [-0.1, -0.05) is 70.3 Å². The van der Waals surface area contributed by atoms with Crippen molar-refractivity contribution in [1.82, 2.24) is 0 Å². The molecule has 1 aromatic carbocycles. The van der Waals surface area contributed by atoms with Crippen LogP contribution in [0, 0.1) is 5.92 Å². The van der Waals surface area contributed by atoms with Gasteiger partial charge in [0.1, 0.15) is 0 Å². The van der Waals surface area contributed by atoms with E-state index >= 15 is 0 Å². The Bertz CT molecular complexity index is 464. The van der Waals surface area contributed by atoms with Gasteiger partial charge in [-0.25, -0.2) is 0 Å². The van der Waals surface area contributed by atoms with Gasteiger partial charge < -0.3 is 0 Å². The van der Waals surface area contributed by atoms with E-state index in [4.69, 9.17) is 0 Å². The van der Waals surface area contributed by atoms with Gasteiger partial charge in [0.15, 0.2) is 0 Å². The first-order valence-electron chi connectivity index (χ1n) is 6.06. The zero-order chi connectivity index (χ0) is 12.6. The van der Waals surface area contributed by atoms with Crippen LogP contribution < -0.4 is 0 Å². The fraction of sp³-hybridized carbons (Fsp3) is 0.294. The summed E-state index contributed by atoms with van der Waals surface area (Å²) in [6.45, 7) is 14.6. The quantitative estimate of drug-likeness (QED) is 0.680. The predicted molar refractivity (Wildman–Crippen MR) is 75.9 cm³/mol. The maximum absolute atomic E-state index is 3.94. The third-order valence-corrected chi connectivity index (χ3v) is 3.34. The highest BCUT2D eigenvalue weighted by atomic mass is 14.3. The molecule has 0 heterocycles. The van der Waals surface area contributed by atoms with E-state index in [2.05, 4.69) is 70.3 Å². The Morgan fingerprint density at radius 1 is 1.00 bits per heavy atom. The number of benzene rings is 1. The van der Waals surface area contributed by atoms with E-state index in [9.17, 15) is 0 Å². The molecule has 0 aromatic heterocycles. The van der Waals surface area contributed by atoms with E-state index in [1.807, 2.05) is 0 Å². The van der Waals surface area contributed by atoms with E-state index < -0.39 is 0 Å². The van der Waals surface area contributed by atoms with Crippen molar-refractivity contribution in [3.63, 3.8) is 0 Å². The average Bonchev–Trinajstić information content (AvgIpc) is 2.83. The number of hydrogen-bond donors (Lipinski definition) is 0. The van der Waals surface area contributed by atoms with Crippen molar-refractivity contribution in [2.75, 3.05) is 0 Å². The van der Waals surface area contributed by atoms with Crippen molar-refractivity contribution in [3.8, 4) is 0 Å². The molecule has 0 N–H and O–H groups in total. The molecule has 1 saturated carbocycles. The van der Waals surface area contributed by atoms with E-state index in [1.165, 1.54) is 22.3 Å². The van der Waals surface area contributed by atoms with Crippen LogP contribution in [0.2, 0.25) is 0 Å². The molecular weight excluding hydrogens is 204 g/mol. The van der Waals surface area contributed by atoms with E-state index in [0.29, 0.717) is 5.92 Å². The lowest BCUT2D eigenvalue weighted by molar-refractivity contribution is 0.590. The van der Waals surface area contributed by atoms with Crippen molar-refractivity contribution in [2.45, 2.75) is 26.2 Å². The summed E-state index contributed by atoms with van der Waals surface area (Å²) in [6.07, 6.45) is 4.33. The summed E-state index contributed by atoms with van der Waals surface area (Å²) in [7, 11) is 0. The van der Waals surface area contributed by atoms with Crippen LogP contribution >= 0.6 is 0 Å². The molecule has 0 amide bonds. The zero-order valence-corrected chi connectivity index (χ0v) is 11.0. The summed E-state index contributed by atoms with van der Waals surface area (Å²) < 4.78 is 0. The first-order chi connectivity index (χ1) is 7.89. The lowest BCUT2D eigenvalue weighted by atomic mass is 9.87. The average molecular weight is 224 g/mol. The van der Waals surface area contributed by atoms with Gasteiger partial charge in [-0.05, 0) is 27.7 Å². The maximum Gasteiger partial charge on any atom is 0.0266 e. The van der Waals surface area contributed by atoms with Crippen LogP contribution in [-0.4, -0.2) is 0 Å². The Labute approximate surface area is 104 Å². The third-order valence-electron chi connectivity index (χ3n) is 3.34. The first kappa shape index (κ1) is 11.9. The molecule has 17 heavy (non-hydrogen) atoms. The number of hydrogen-bond acceptors (Lipinski definition) is 0. The van der Waals surface area contributed by atoms with Gasteiger partial charge in [0.05, 0.1) is 0 Å². The predicted octanol–water partition coefficient (Wildman–Crippen LogP) is 4.74. The Hall–Kier alpha value is -1.56. The SMILES string of the molecule is C=C1C(=C)C1/C=C/c1ccc(C(C)(C)C)cc1. The van der Waals surface area contributed by atoms with Gasteiger partial charge in [0.2, 0.25) is 0 Å². The summed E-state index contributed by atoms with van der Waals surface area (Å²) in [6, 6.07) is 8.75. The van der Waals surface area contributed by atoms with Gasteiger partial charge in [-0.3, -0.25) is 0 Å². The normalized spacial score (nSPS) is 16.9. The van der Waals surface area contributed by atoms with Crippen LogP contribution in [0.3, 0.4) is 0 Å². The number of rotatable bonds is 2. The van der Waals surface area contributed by atoms with E-state index in [-0.39, 0.29) is 5.41 Å². The van der Waals surface area contributed by atoms with Crippen LogP contribution in [0.5, 0.6) is 0 Å². The maximum atomic E-state index is 3.94. The first-order valence-corrected chi connectivity index (χ1v) is 6.06. The molecule has 0 bridgehead atoms. The second-order valence-corrected chi connectivity index (χ2v) is 5.76. The molecular formula is C17H20. The van der Waals surface area contributed by atoms with Gasteiger partial charge in [0, 0.05) is 5.92 Å². The molecule has 0 saturated heterocycles. The molecule has 0 aliphatic heterocycles. The summed E-state index contributed by atoms with van der Waals surface area (Å²) in [5.74, 6) is 0.414. The Kier molecular flexibility index (Phi) is 2.82. The highest BCUT2D eigenvalue weighted by molar-refractivity contribution is 5.61. The smallest absolute Gasteiger partial charge is 0.0266 e. The Morgan fingerprint density at radius 3 is 1.94 bits per heavy atom. The summed E-state index contributed by atoms with van der Waals surface area (Å²) in [5, 5.41) is 0. The van der Waals surface area contributed by atoms with Crippen LogP contribution in [0.4, 0.5) is 0 Å². The number of allylic oxidation sites excluding steroid dienone is 3. The topological polar surface area (TPSA) is 0 Å². The molecule has 0 atom stereocenters. The molecule has 0 heteroatoms. The third kappa shape index (κ3) is 2.58. The largest absolute Gasteiger partial charge is 0.0946 e. The minimum absolute atomic E-state index is 0.224. The van der Waals surface area contributed by atoms with Crippen molar-refractivity contribution in [2.24, 2.45) is 5.92 Å². The molecule has 1 aliphatic carbocycles. The fourth-order valence-electron chi connectivity index (χ4n) is 1.87. The Balaban J connectivity index is 2.09. The van der Waals surface area contributed by atoms with Crippen molar-refractivity contribution in [1.29, 1.82) is 0 Å². The molecule has 1 aliphatic rings. The lowest BCUT2D eigenvalue weighted by Crippen LogP contribution is -2.10. The summed E-state index contributed by atoms with van der Waals surface area (Å²) >= 11 is 0. The Morgan fingerprint density at radius 2 is 1.53 bits per heavy atom. The molecule has 2 rings (SSSR count). The minimum Gasteiger partial charge on any atom is -0.0946 e. The summed E-state index contributed by atoms with van der Waals surface area (Å²) in [4.78, 5) is 0. The molecule has 0 unspecified atom stereocenters. The van der Waals surface area contributed by atoms with Crippen LogP contribution in [0.15, 0.2) is 54.6 Å². The van der Waals surface area contributed by atoms with Gasteiger partial charge in [0.25, 0.3) is 0 Å². The van der Waals surface area contributed by atoms with E-state index in [0.717, 1.165) is 0 Å². The molecule has 1 fully saturated rings. The fourth-order valence-corrected chi connectivity index (χ4v) is 1.87. The minimum atomic E-state index is 0.224. The van der Waals surface area contributed by atoms with Gasteiger partial charge in [-0.15, -0.1) is 0 Å².